The van der Waals surface area contributed by atoms with Crippen molar-refractivity contribution in [2.75, 3.05) is 23.7 Å². The Hall–Kier alpha value is -3.01. The lowest BCUT2D eigenvalue weighted by molar-refractivity contribution is -0.139. The van der Waals surface area contributed by atoms with E-state index < -0.39 is 28.5 Å². The van der Waals surface area contributed by atoms with Crippen LogP contribution >= 0.6 is 23.4 Å². The Morgan fingerprint density at radius 1 is 1.00 bits per heavy atom. The van der Waals surface area contributed by atoms with Gasteiger partial charge >= 0.3 is 0 Å². The molecule has 0 aliphatic rings. The third-order valence-corrected chi connectivity index (χ3v) is 8.97. The Morgan fingerprint density at radius 2 is 1.63 bits per heavy atom. The van der Waals surface area contributed by atoms with Crippen LogP contribution in [-0.2, 0) is 26.2 Å². The van der Waals surface area contributed by atoms with Crippen molar-refractivity contribution in [3.63, 3.8) is 0 Å². The van der Waals surface area contributed by atoms with Crippen molar-refractivity contribution in [2.24, 2.45) is 0 Å². The number of sulfonamides is 1. The fraction of sp³-hybridized carbons (Fsp3) is 0.286. The molecule has 0 saturated heterocycles. The summed E-state index contributed by atoms with van der Waals surface area (Å²) in [5.41, 5.74) is 1.95. The summed E-state index contributed by atoms with van der Waals surface area (Å²) in [6.45, 7) is 5.25. The Bertz CT molecular complexity index is 1360. The van der Waals surface area contributed by atoms with Crippen LogP contribution in [-0.4, -0.2) is 50.5 Å². The summed E-state index contributed by atoms with van der Waals surface area (Å²) in [7, 11) is -4.11. The van der Waals surface area contributed by atoms with E-state index in [1.807, 2.05) is 13.2 Å². The number of carbonyl (C=O) groups is 2. The monoisotopic (exact) mass is 573 g/mol. The number of aryl methyl sites for hydroxylation is 1. The molecule has 1 atom stereocenters. The summed E-state index contributed by atoms with van der Waals surface area (Å²) < 4.78 is 28.8. The van der Waals surface area contributed by atoms with Gasteiger partial charge in [0, 0.05) is 23.0 Å². The smallest absolute Gasteiger partial charge is 0.264 e. The van der Waals surface area contributed by atoms with E-state index >= 15 is 0 Å². The minimum absolute atomic E-state index is 0.0427. The number of rotatable bonds is 11. The topological polar surface area (TPSA) is 86.8 Å². The molecule has 0 bridgehead atoms. The molecule has 1 N–H and O–H groups in total. The van der Waals surface area contributed by atoms with Gasteiger partial charge in [0.05, 0.1) is 10.6 Å². The van der Waals surface area contributed by atoms with Crippen LogP contribution in [0.1, 0.15) is 25.0 Å². The molecule has 0 aliphatic carbocycles. The molecule has 0 saturated carbocycles. The SMILES string of the molecule is CCNC(=O)[C@H](C)N(Cc1ccccc1Cl)C(=O)CN(c1ccc(C)cc1)S(=O)(=O)c1ccc(SC)cc1. The third-order valence-electron chi connectivity index (χ3n) is 6.07. The van der Waals surface area contributed by atoms with Crippen LogP contribution in [0, 0.1) is 6.92 Å². The number of halogens is 1. The van der Waals surface area contributed by atoms with Crippen molar-refractivity contribution in [2.45, 2.75) is 43.1 Å². The van der Waals surface area contributed by atoms with Gasteiger partial charge in [-0.1, -0.05) is 47.5 Å². The second-order valence-electron chi connectivity index (χ2n) is 8.71. The van der Waals surface area contributed by atoms with Gasteiger partial charge in [0.1, 0.15) is 12.6 Å². The first-order chi connectivity index (χ1) is 18.1. The molecule has 3 aromatic rings. The average Bonchev–Trinajstić information content (AvgIpc) is 2.91. The summed E-state index contributed by atoms with van der Waals surface area (Å²) in [5.74, 6) is -0.876. The van der Waals surface area contributed by atoms with E-state index in [1.54, 1.807) is 74.5 Å². The van der Waals surface area contributed by atoms with Crippen LogP contribution in [0.25, 0.3) is 0 Å². The largest absolute Gasteiger partial charge is 0.355 e. The Balaban J connectivity index is 2.03. The van der Waals surface area contributed by atoms with Crippen molar-refractivity contribution in [1.29, 1.82) is 0 Å². The van der Waals surface area contributed by atoms with E-state index in [2.05, 4.69) is 5.32 Å². The van der Waals surface area contributed by atoms with Gasteiger partial charge in [0.25, 0.3) is 10.0 Å². The number of amides is 2. The maximum absolute atomic E-state index is 13.8. The van der Waals surface area contributed by atoms with Gasteiger partial charge in [-0.3, -0.25) is 13.9 Å². The van der Waals surface area contributed by atoms with Gasteiger partial charge in [0.2, 0.25) is 11.8 Å². The Morgan fingerprint density at radius 3 is 2.21 bits per heavy atom. The molecule has 202 valence electrons. The predicted octanol–water partition coefficient (Wildman–Crippen LogP) is 5.12. The van der Waals surface area contributed by atoms with Crippen LogP contribution in [0.3, 0.4) is 0 Å². The molecule has 0 unspecified atom stereocenters. The number of benzene rings is 3. The molecule has 38 heavy (non-hydrogen) atoms. The van der Waals surface area contributed by atoms with E-state index in [9.17, 15) is 18.0 Å². The van der Waals surface area contributed by atoms with Crippen LogP contribution in [0.4, 0.5) is 5.69 Å². The molecular formula is C28H32ClN3O4S2. The van der Waals surface area contributed by atoms with Crippen molar-refractivity contribution in [1.82, 2.24) is 10.2 Å². The molecule has 0 aliphatic heterocycles. The number of nitrogens with zero attached hydrogens (tertiary/aromatic N) is 2. The summed E-state index contributed by atoms with van der Waals surface area (Å²) in [5, 5.41) is 3.19. The lowest BCUT2D eigenvalue weighted by Gasteiger charge is -2.32. The first-order valence-electron chi connectivity index (χ1n) is 12.1. The highest BCUT2D eigenvalue weighted by Gasteiger charge is 2.32. The molecule has 10 heteroatoms. The number of likely N-dealkylation sites (N-methyl/N-ethyl adjacent to an activating group) is 1. The molecule has 0 radical (unpaired) electrons. The fourth-order valence-corrected chi connectivity index (χ4v) is 5.85. The number of hydrogen-bond donors (Lipinski definition) is 1. The minimum atomic E-state index is -4.11. The van der Waals surface area contributed by atoms with Gasteiger partial charge in [-0.05, 0) is 75.1 Å². The van der Waals surface area contributed by atoms with Crippen molar-refractivity contribution < 1.29 is 18.0 Å². The molecular weight excluding hydrogens is 542 g/mol. The molecule has 7 nitrogen and oxygen atoms in total. The Labute approximate surface area is 234 Å². The molecule has 0 spiro atoms. The zero-order valence-electron chi connectivity index (χ0n) is 21.8. The fourth-order valence-electron chi connectivity index (χ4n) is 3.83. The first kappa shape index (κ1) is 29.5. The standard InChI is InChI=1S/C28H32ClN3O4S2/c1-5-30-28(34)21(3)31(18-22-8-6-7-9-26(22)29)27(33)19-32(23-12-10-20(2)11-13-23)38(35,36)25-16-14-24(37-4)15-17-25/h6-17,21H,5,18-19H2,1-4H3,(H,30,34)/t21-/m0/s1. The van der Waals surface area contributed by atoms with Crippen LogP contribution in [0.2, 0.25) is 5.02 Å². The van der Waals surface area contributed by atoms with Crippen molar-refractivity contribution in [3.05, 3.63) is 88.9 Å². The summed E-state index contributed by atoms with van der Waals surface area (Å²) >= 11 is 7.87. The van der Waals surface area contributed by atoms with Crippen molar-refractivity contribution in [3.8, 4) is 0 Å². The minimum Gasteiger partial charge on any atom is -0.355 e. The second-order valence-corrected chi connectivity index (χ2v) is 11.9. The third kappa shape index (κ3) is 7.09. The number of anilines is 1. The normalized spacial score (nSPS) is 12.0. The molecule has 2 amide bonds. The zero-order chi connectivity index (χ0) is 27.9. The maximum Gasteiger partial charge on any atom is 0.264 e. The van der Waals surface area contributed by atoms with Crippen LogP contribution in [0.15, 0.2) is 82.6 Å². The highest BCUT2D eigenvalue weighted by atomic mass is 35.5. The second kappa shape index (κ2) is 13.2. The molecule has 0 fully saturated rings. The molecule has 0 aromatic heterocycles. The van der Waals surface area contributed by atoms with Crippen molar-refractivity contribution >= 4 is 50.9 Å². The lowest BCUT2D eigenvalue weighted by Crippen LogP contribution is -2.51. The van der Waals surface area contributed by atoms with E-state index in [-0.39, 0.29) is 17.3 Å². The first-order valence-corrected chi connectivity index (χ1v) is 15.2. The van der Waals surface area contributed by atoms with E-state index in [4.69, 9.17) is 11.6 Å². The molecule has 0 heterocycles. The van der Waals surface area contributed by atoms with E-state index in [0.29, 0.717) is 22.8 Å². The maximum atomic E-state index is 13.8. The van der Waals surface area contributed by atoms with Crippen LogP contribution < -0.4 is 9.62 Å². The summed E-state index contributed by atoms with van der Waals surface area (Å²) in [4.78, 5) is 28.9. The van der Waals surface area contributed by atoms with Gasteiger partial charge in [-0.25, -0.2) is 8.42 Å². The predicted molar refractivity (Wildman–Crippen MR) is 154 cm³/mol. The summed E-state index contributed by atoms with van der Waals surface area (Å²) in [6, 6.07) is 19.6. The zero-order valence-corrected chi connectivity index (χ0v) is 24.2. The number of nitrogens with one attached hydrogen (secondary N) is 1. The molecule has 3 aromatic carbocycles. The number of carbonyl (C=O) groups excluding carboxylic acids is 2. The number of thioether (sulfide) groups is 1. The van der Waals surface area contributed by atoms with E-state index in [0.717, 1.165) is 14.8 Å². The van der Waals surface area contributed by atoms with Crippen LogP contribution in [0.5, 0.6) is 0 Å². The highest BCUT2D eigenvalue weighted by Crippen LogP contribution is 2.27. The van der Waals surface area contributed by atoms with Gasteiger partial charge in [0.15, 0.2) is 0 Å². The highest BCUT2D eigenvalue weighted by molar-refractivity contribution is 7.98. The van der Waals surface area contributed by atoms with E-state index in [1.165, 1.54) is 28.8 Å². The van der Waals surface area contributed by atoms with Gasteiger partial charge < -0.3 is 10.2 Å². The van der Waals surface area contributed by atoms with Gasteiger partial charge in [-0.15, -0.1) is 11.8 Å². The molecule has 3 rings (SSSR count). The van der Waals surface area contributed by atoms with Gasteiger partial charge in [-0.2, -0.15) is 0 Å². The average molecular weight is 574 g/mol. The lowest BCUT2D eigenvalue weighted by atomic mass is 10.1. The number of hydrogen-bond acceptors (Lipinski definition) is 5. The quantitative estimate of drug-likeness (QED) is 0.322. The Kier molecular flexibility index (Phi) is 10.2. The summed E-state index contributed by atoms with van der Waals surface area (Å²) in [6.07, 6.45) is 1.91.